The van der Waals surface area contributed by atoms with E-state index in [9.17, 15) is 9.18 Å². The Labute approximate surface area is 123 Å². The number of hydrogen-bond acceptors (Lipinski definition) is 3. The lowest BCUT2D eigenvalue weighted by Gasteiger charge is -2.22. The average Bonchev–Trinajstić information content (AvgIpc) is 2.83. The van der Waals surface area contributed by atoms with Gasteiger partial charge in [0.05, 0.1) is 5.71 Å². The van der Waals surface area contributed by atoms with Crippen LogP contribution in [0.2, 0.25) is 0 Å². The zero-order chi connectivity index (χ0) is 14.7. The van der Waals surface area contributed by atoms with Gasteiger partial charge >= 0.3 is 0 Å². The molecule has 1 saturated heterocycles. The van der Waals surface area contributed by atoms with Gasteiger partial charge in [0.1, 0.15) is 5.82 Å². The highest BCUT2D eigenvalue weighted by Gasteiger charge is 2.32. The first-order chi connectivity index (χ1) is 10.2. The Balaban J connectivity index is 1.62. The van der Waals surface area contributed by atoms with Crippen molar-refractivity contribution in [3.8, 4) is 0 Å². The fourth-order valence-electron chi connectivity index (χ4n) is 2.82. The van der Waals surface area contributed by atoms with Gasteiger partial charge < -0.3 is 9.74 Å². The van der Waals surface area contributed by atoms with Crippen molar-refractivity contribution in [2.45, 2.75) is 38.2 Å². The van der Waals surface area contributed by atoms with E-state index in [-0.39, 0.29) is 11.7 Å². The van der Waals surface area contributed by atoms with Gasteiger partial charge in [0.15, 0.2) is 0 Å². The molecule has 0 radical (unpaired) electrons. The van der Waals surface area contributed by atoms with Crippen molar-refractivity contribution < 1.29 is 14.0 Å². The third-order valence-corrected chi connectivity index (χ3v) is 4.04. The zero-order valence-electron chi connectivity index (χ0n) is 11.9. The fraction of sp³-hybridized carbons (Fsp3) is 0.500. The second-order valence-corrected chi connectivity index (χ2v) is 5.58. The summed E-state index contributed by atoms with van der Waals surface area (Å²) in [4.78, 5) is 19.7. The summed E-state index contributed by atoms with van der Waals surface area (Å²) >= 11 is 0. The molecule has 0 bridgehead atoms. The molecule has 1 unspecified atom stereocenters. The molecule has 21 heavy (non-hydrogen) atoms. The fourth-order valence-corrected chi connectivity index (χ4v) is 2.82. The van der Waals surface area contributed by atoms with Crippen LogP contribution in [0.5, 0.6) is 0 Å². The third kappa shape index (κ3) is 3.23. The van der Waals surface area contributed by atoms with Gasteiger partial charge in [0.25, 0.3) is 5.91 Å². The van der Waals surface area contributed by atoms with Gasteiger partial charge in [0, 0.05) is 19.5 Å². The maximum atomic E-state index is 12.9. The van der Waals surface area contributed by atoms with Crippen LogP contribution in [-0.4, -0.2) is 35.7 Å². The van der Waals surface area contributed by atoms with Crippen LogP contribution < -0.4 is 0 Å². The van der Waals surface area contributed by atoms with E-state index in [1.807, 2.05) is 4.90 Å². The second-order valence-electron chi connectivity index (χ2n) is 5.58. The maximum absolute atomic E-state index is 12.9. The first kappa shape index (κ1) is 14.0. The Kier molecular flexibility index (Phi) is 4.18. The van der Waals surface area contributed by atoms with Gasteiger partial charge in [-0.15, -0.1) is 0 Å². The Hall–Kier alpha value is -1.91. The van der Waals surface area contributed by atoms with Crippen LogP contribution in [0, 0.1) is 5.82 Å². The largest absolute Gasteiger partial charge is 0.382 e. The number of oxime groups is 1. The van der Waals surface area contributed by atoms with Crippen LogP contribution in [-0.2, 0) is 9.63 Å². The van der Waals surface area contributed by atoms with E-state index in [0.717, 1.165) is 31.5 Å². The van der Waals surface area contributed by atoms with Crippen molar-refractivity contribution in [3.05, 3.63) is 35.6 Å². The summed E-state index contributed by atoms with van der Waals surface area (Å²) in [5.41, 5.74) is 1.52. The maximum Gasteiger partial charge on any atom is 0.266 e. The normalized spacial score (nSPS) is 22.4. The highest BCUT2D eigenvalue weighted by molar-refractivity contribution is 6.04. The lowest BCUT2D eigenvalue weighted by atomic mass is 10.0. The first-order valence-corrected chi connectivity index (χ1v) is 7.51. The predicted octanol–water partition coefficient (Wildman–Crippen LogP) is 2.72. The van der Waals surface area contributed by atoms with Gasteiger partial charge in [-0.2, -0.15) is 0 Å². The summed E-state index contributed by atoms with van der Waals surface area (Å²) in [6, 6.07) is 6.11. The highest BCUT2D eigenvalue weighted by atomic mass is 19.1. The molecule has 0 aliphatic carbocycles. The van der Waals surface area contributed by atoms with Crippen LogP contribution in [0.25, 0.3) is 0 Å². The minimum Gasteiger partial charge on any atom is -0.382 e. The molecule has 0 aromatic heterocycles. The highest BCUT2D eigenvalue weighted by Crippen LogP contribution is 2.20. The molecule has 1 aromatic rings. The number of hydrogen-bond donors (Lipinski definition) is 0. The summed E-state index contributed by atoms with van der Waals surface area (Å²) in [5.74, 6) is -0.256. The van der Waals surface area contributed by atoms with Gasteiger partial charge in [0.2, 0.25) is 6.10 Å². The lowest BCUT2D eigenvalue weighted by Crippen LogP contribution is -2.39. The molecular weight excluding hydrogens is 271 g/mol. The molecule has 1 amide bonds. The standard InChI is InChI=1S/C16H19FN2O2/c17-13-7-5-12(6-8-13)14-11-15(21-18-14)16(20)19-9-3-1-2-4-10-19/h5-8,15H,1-4,9-11H2. The summed E-state index contributed by atoms with van der Waals surface area (Å²) in [5, 5.41) is 4.00. The van der Waals surface area contributed by atoms with Crippen LogP contribution in [0.3, 0.4) is 0 Å². The molecule has 2 aliphatic heterocycles. The molecule has 0 N–H and O–H groups in total. The summed E-state index contributed by atoms with van der Waals surface area (Å²) < 4.78 is 12.9. The second kappa shape index (κ2) is 6.24. The molecule has 1 fully saturated rings. The molecule has 1 atom stereocenters. The smallest absolute Gasteiger partial charge is 0.266 e. The molecule has 0 spiro atoms. The number of amides is 1. The van der Waals surface area contributed by atoms with Gasteiger partial charge in [-0.3, -0.25) is 4.79 Å². The number of rotatable bonds is 2. The number of carbonyl (C=O) groups excluding carboxylic acids is 1. The molecule has 0 saturated carbocycles. The van der Waals surface area contributed by atoms with Crippen molar-refractivity contribution in [2.75, 3.05) is 13.1 Å². The van der Waals surface area contributed by atoms with E-state index in [1.54, 1.807) is 12.1 Å². The zero-order valence-corrected chi connectivity index (χ0v) is 11.9. The first-order valence-electron chi connectivity index (χ1n) is 7.51. The minimum atomic E-state index is -0.525. The Bertz CT molecular complexity index is 534. The van der Waals surface area contributed by atoms with Crippen LogP contribution in [0.15, 0.2) is 29.4 Å². The van der Waals surface area contributed by atoms with Gasteiger partial charge in [-0.25, -0.2) is 4.39 Å². The minimum absolute atomic E-state index is 0.0257. The molecule has 112 valence electrons. The SMILES string of the molecule is O=C(C1CC(c2ccc(F)cc2)=NO1)N1CCCCCC1. The summed E-state index contributed by atoms with van der Waals surface area (Å²) in [6.45, 7) is 1.62. The monoisotopic (exact) mass is 290 g/mol. The third-order valence-electron chi connectivity index (χ3n) is 4.04. The number of halogens is 1. The lowest BCUT2D eigenvalue weighted by molar-refractivity contribution is -0.142. The van der Waals surface area contributed by atoms with Crippen molar-refractivity contribution in [1.82, 2.24) is 4.90 Å². The number of nitrogens with zero attached hydrogens (tertiary/aromatic N) is 2. The van der Waals surface area contributed by atoms with Crippen LogP contribution >= 0.6 is 0 Å². The van der Waals surface area contributed by atoms with Crippen molar-refractivity contribution in [1.29, 1.82) is 0 Å². The van der Waals surface area contributed by atoms with Crippen molar-refractivity contribution >= 4 is 11.6 Å². The average molecular weight is 290 g/mol. The van der Waals surface area contributed by atoms with E-state index < -0.39 is 6.10 Å². The molecular formula is C16H19FN2O2. The topological polar surface area (TPSA) is 41.9 Å². The molecule has 3 rings (SSSR count). The quantitative estimate of drug-likeness (QED) is 0.840. The Morgan fingerprint density at radius 3 is 2.48 bits per heavy atom. The summed E-state index contributed by atoms with van der Waals surface area (Å²) in [7, 11) is 0. The number of carbonyl (C=O) groups is 1. The Morgan fingerprint density at radius 2 is 1.81 bits per heavy atom. The molecule has 5 heteroatoms. The molecule has 4 nitrogen and oxygen atoms in total. The van der Waals surface area contributed by atoms with E-state index in [1.165, 1.54) is 25.0 Å². The number of benzene rings is 1. The Morgan fingerprint density at radius 1 is 1.14 bits per heavy atom. The van der Waals surface area contributed by atoms with Crippen molar-refractivity contribution in [3.63, 3.8) is 0 Å². The van der Waals surface area contributed by atoms with Crippen molar-refractivity contribution in [2.24, 2.45) is 5.16 Å². The van der Waals surface area contributed by atoms with Gasteiger partial charge in [-0.1, -0.05) is 30.1 Å². The number of likely N-dealkylation sites (tertiary alicyclic amines) is 1. The molecule has 2 heterocycles. The van der Waals surface area contributed by atoms with E-state index in [0.29, 0.717) is 12.1 Å². The molecule has 2 aliphatic rings. The van der Waals surface area contributed by atoms with E-state index in [2.05, 4.69) is 5.16 Å². The van der Waals surface area contributed by atoms with Crippen LogP contribution in [0.1, 0.15) is 37.7 Å². The van der Waals surface area contributed by atoms with Crippen LogP contribution in [0.4, 0.5) is 4.39 Å². The van der Waals surface area contributed by atoms with E-state index >= 15 is 0 Å². The predicted molar refractivity (Wildman–Crippen MR) is 77.5 cm³/mol. The van der Waals surface area contributed by atoms with E-state index in [4.69, 9.17) is 4.84 Å². The summed E-state index contributed by atoms with van der Waals surface area (Å²) in [6.07, 6.45) is 4.43. The molecule has 1 aromatic carbocycles. The van der Waals surface area contributed by atoms with Gasteiger partial charge in [-0.05, 0) is 30.5 Å².